The highest BCUT2D eigenvalue weighted by atomic mass is 19.4. The number of alkyl halides is 6. The monoisotopic (exact) mass is 924 g/mol. The second kappa shape index (κ2) is 20.0. The van der Waals surface area contributed by atoms with Crippen LogP contribution in [0.15, 0.2) is 121 Å². The van der Waals surface area contributed by atoms with Crippen molar-refractivity contribution in [3.8, 4) is 39.1 Å². The van der Waals surface area contributed by atoms with Crippen LogP contribution in [0.25, 0.3) is 33.4 Å². The van der Waals surface area contributed by atoms with Gasteiger partial charge in [0.25, 0.3) is 0 Å². The molecule has 0 radical (unpaired) electrons. The molecule has 2 aliphatic rings. The minimum atomic E-state index is -4.64. The first kappa shape index (κ1) is 47.9. The number of benzene rings is 6. The molecule has 6 aromatic carbocycles. The maximum absolute atomic E-state index is 14.4. The van der Waals surface area contributed by atoms with E-state index in [1.54, 1.807) is 12.1 Å². The van der Waals surface area contributed by atoms with E-state index in [4.69, 9.17) is 14.2 Å². The highest BCUT2D eigenvalue weighted by Crippen LogP contribution is 2.41. The van der Waals surface area contributed by atoms with Crippen LogP contribution in [-0.2, 0) is 45.9 Å². The van der Waals surface area contributed by atoms with Gasteiger partial charge in [0.05, 0.1) is 44.7 Å². The van der Waals surface area contributed by atoms with Crippen molar-refractivity contribution in [2.75, 3.05) is 46.5 Å². The normalized spacial score (nSPS) is 16.2. The molecule has 5 nitrogen and oxygen atoms in total. The summed E-state index contributed by atoms with van der Waals surface area (Å²) in [5, 5.41) is 6.81. The SMILES string of the molecule is COc1ccc(F)cc1-c1cc(COCC2(c3ccc(-c4cc(C)c(-c5cc(COCC6(c7ccccc7)CCNCC6)cc(C(F)(F)F)c5)cc4C)cc3)CCNCC2)cc(C(F)(F)F)c1. The zero-order chi connectivity index (χ0) is 47.4. The van der Waals surface area contributed by atoms with E-state index in [0.717, 1.165) is 97.9 Å². The van der Waals surface area contributed by atoms with Crippen LogP contribution in [0.5, 0.6) is 5.75 Å². The summed E-state index contributed by atoms with van der Waals surface area (Å²) in [6.07, 6.45) is -5.97. The van der Waals surface area contributed by atoms with Gasteiger partial charge in [-0.05, 0) is 182 Å². The Balaban J connectivity index is 1.01. The van der Waals surface area contributed by atoms with Gasteiger partial charge in [-0.2, -0.15) is 26.3 Å². The molecule has 2 heterocycles. The Kier molecular flexibility index (Phi) is 14.3. The molecule has 2 N–H and O–H groups in total. The van der Waals surface area contributed by atoms with Gasteiger partial charge in [0.2, 0.25) is 0 Å². The number of hydrogen-bond donors (Lipinski definition) is 2. The zero-order valence-corrected chi connectivity index (χ0v) is 37.9. The van der Waals surface area contributed by atoms with Gasteiger partial charge in [-0.15, -0.1) is 0 Å². The molecule has 0 amide bonds. The molecule has 0 atom stereocenters. The Morgan fingerprint density at radius 3 is 1.45 bits per heavy atom. The smallest absolute Gasteiger partial charge is 0.416 e. The lowest BCUT2D eigenvalue weighted by Crippen LogP contribution is -2.43. The standard InChI is InChI=1S/C55H55F7N2O3/c1-36-24-49(41-25-38(27-45(29-41)54(57,58)59)32-66-34-52(15-19-63-20-16-52)43-7-5-4-6-8-43)37(2)23-48(36)40-9-11-44(12-10-40)53(17-21-64-22-18-53)35-67-33-39-26-42(30-46(28-39)55(60,61)62)50-31-47(56)13-14-51(50)65-3/h4-14,23-31,63-64H,15-22,32-35H2,1-3H3. The third kappa shape index (κ3) is 10.9. The van der Waals surface area contributed by atoms with Crippen LogP contribution in [0.2, 0.25) is 0 Å². The maximum atomic E-state index is 14.4. The lowest BCUT2D eigenvalue weighted by molar-refractivity contribution is -0.138. The fourth-order valence-electron chi connectivity index (χ4n) is 9.90. The van der Waals surface area contributed by atoms with Crippen LogP contribution in [0.1, 0.15) is 70.2 Å². The molecule has 0 aromatic heterocycles. The maximum Gasteiger partial charge on any atom is 0.416 e. The first-order chi connectivity index (χ1) is 32.1. The predicted molar refractivity (Wildman–Crippen MR) is 248 cm³/mol. The Morgan fingerprint density at radius 2 is 0.970 bits per heavy atom. The van der Waals surface area contributed by atoms with Crippen molar-refractivity contribution in [1.82, 2.24) is 10.6 Å². The highest BCUT2D eigenvalue weighted by molar-refractivity contribution is 5.77. The molecule has 0 saturated carbocycles. The first-order valence-corrected chi connectivity index (χ1v) is 22.7. The average molecular weight is 925 g/mol. The Morgan fingerprint density at radius 1 is 0.507 bits per heavy atom. The van der Waals surface area contributed by atoms with Gasteiger partial charge in [-0.1, -0.05) is 66.7 Å². The van der Waals surface area contributed by atoms with E-state index in [9.17, 15) is 30.7 Å². The molecule has 0 aliphatic carbocycles. The van der Waals surface area contributed by atoms with Crippen molar-refractivity contribution in [2.45, 2.75) is 75.9 Å². The van der Waals surface area contributed by atoms with E-state index in [0.29, 0.717) is 28.9 Å². The summed E-state index contributed by atoms with van der Waals surface area (Å²) in [4.78, 5) is 0. The third-order valence-corrected chi connectivity index (χ3v) is 13.6. The molecule has 67 heavy (non-hydrogen) atoms. The zero-order valence-electron chi connectivity index (χ0n) is 37.9. The van der Waals surface area contributed by atoms with Crippen LogP contribution in [0.3, 0.4) is 0 Å². The summed E-state index contributed by atoms with van der Waals surface area (Å²) in [5.74, 6) is -0.351. The fraction of sp³-hybridized carbons (Fsp3) is 0.345. The number of ether oxygens (including phenoxy) is 3. The largest absolute Gasteiger partial charge is 0.496 e. The van der Waals surface area contributed by atoms with Crippen molar-refractivity contribution >= 4 is 0 Å². The van der Waals surface area contributed by atoms with Gasteiger partial charge >= 0.3 is 12.4 Å². The number of methoxy groups -OCH3 is 1. The van der Waals surface area contributed by atoms with Crippen molar-refractivity contribution in [2.24, 2.45) is 0 Å². The van der Waals surface area contributed by atoms with E-state index < -0.39 is 34.7 Å². The van der Waals surface area contributed by atoms with Gasteiger partial charge in [0, 0.05) is 16.4 Å². The fourth-order valence-corrected chi connectivity index (χ4v) is 9.90. The van der Waals surface area contributed by atoms with E-state index in [2.05, 4.69) is 34.9 Å². The molecule has 2 saturated heterocycles. The minimum Gasteiger partial charge on any atom is -0.496 e. The summed E-state index contributed by atoms with van der Waals surface area (Å²) >= 11 is 0. The summed E-state index contributed by atoms with van der Waals surface area (Å²) in [5.41, 5.74) is 5.89. The summed E-state index contributed by atoms with van der Waals surface area (Å²) in [6, 6.07) is 33.9. The van der Waals surface area contributed by atoms with Crippen LogP contribution in [-0.4, -0.2) is 46.5 Å². The number of piperidine rings is 2. The van der Waals surface area contributed by atoms with Crippen molar-refractivity contribution in [3.05, 3.63) is 172 Å². The molecule has 2 aliphatic heterocycles. The Bertz CT molecular complexity index is 2650. The lowest BCUT2D eigenvalue weighted by atomic mass is 9.73. The molecule has 352 valence electrons. The lowest BCUT2D eigenvalue weighted by Gasteiger charge is -2.38. The molecular formula is C55H55F7N2O3. The molecule has 12 heteroatoms. The summed E-state index contributed by atoms with van der Waals surface area (Å²) in [6.45, 7) is 7.61. The summed E-state index contributed by atoms with van der Waals surface area (Å²) in [7, 11) is 1.38. The highest BCUT2D eigenvalue weighted by Gasteiger charge is 2.37. The third-order valence-electron chi connectivity index (χ3n) is 13.6. The number of halogens is 7. The average Bonchev–Trinajstić information content (AvgIpc) is 3.32. The number of hydrogen-bond acceptors (Lipinski definition) is 5. The van der Waals surface area contributed by atoms with Crippen molar-refractivity contribution < 1.29 is 44.9 Å². The van der Waals surface area contributed by atoms with Gasteiger partial charge in [0.1, 0.15) is 11.6 Å². The second-order valence-corrected chi connectivity index (χ2v) is 18.1. The Labute approximate surface area is 387 Å². The van der Waals surface area contributed by atoms with Crippen LogP contribution in [0, 0.1) is 19.7 Å². The van der Waals surface area contributed by atoms with E-state index >= 15 is 0 Å². The predicted octanol–water partition coefficient (Wildman–Crippen LogP) is 13.2. The number of rotatable bonds is 14. The number of aryl methyl sites for hydroxylation is 2. The van der Waals surface area contributed by atoms with Gasteiger partial charge in [-0.3, -0.25) is 0 Å². The van der Waals surface area contributed by atoms with E-state index in [-0.39, 0.29) is 42.1 Å². The van der Waals surface area contributed by atoms with Crippen LogP contribution < -0.4 is 15.4 Å². The molecular weight excluding hydrogens is 870 g/mol. The van der Waals surface area contributed by atoms with E-state index in [1.807, 2.05) is 56.3 Å². The summed E-state index contributed by atoms with van der Waals surface area (Å²) < 4.78 is 118. The molecule has 2 fully saturated rings. The van der Waals surface area contributed by atoms with Crippen LogP contribution >= 0.6 is 0 Å². The molecule has 6 aromatic rings. The minimum absolute atomic E-state index is 0.0440. The molecule has 0 unspecified atom stereocenters. The van der Waals surface area contributed by atoms with Gasteiger partial charge in [-0.25, -0.2) is 4.39 Å². The topological polar surface area (TPSA) is 51.8 Å². The number of nitrogens with one attached hydrogen (secondary N) is 2. The molecule has 0 spiro atoms. The molecule has 0 bridgehead atoms. The van der Waals surface area contributed by atoms with Crippen molar-refractivity contribution in [1.29, 1.82) is 0 Å². The first-order valence-electron chi connectivity index (χ1n) is 22.7. The van der Waals surface area contributed by atoms with Crippen LogP contribution in [0.4, 0.5) is 30.7 Å². The quantitative estimate of drug-likeness (QED) is 0.107. The van der Waals surface area contributed by atoms with Gasteiger partial charge < -0.3 is 24.8 Å². The second-order valence-electron chi connectivity index (χ2n) is 18.1. The van der Waals surface area contributed by atoms with Gasteiger partial charge in [0.15, 0.2) is 0 Å². The Hall–Kier alpha value is -5.53. The van der Waals surface area contributed by atoms with E-state index in [1.165, 1.54) is 36.9 Å². The van der Waals surface area contributed by atoms with Crippen molar-refractivity contribution in [3.63, 3.8) is 0 Å². The molecule has 8 rings (SSSR count).